The van der Waals surface area contributed by atoms with Crippen LogP contribution in [0.4, 0.5) is 0 Å². The highest BCUT2D eigenvalue weighted by Gasteiger charge is 2.04. The minimum atomic E-state index is -0.864. The lowest BCUT2D eigenvalue weighted by atomic mass is 10.2. The van der Waals surface area contributed by atoms with E-state index in [-0.39, 0.29) is 6.61 Å². The smallest absolute Gasteiger partial charge is 0.0977 e. The molecule has 0 fully saturated rings. The first-order valence-corrected chi connectivity index (χ1v) is 2.82. The Bertz CT molecular complexity index is 88.3. The van der Waals surface area contributed by atoms with Crippen molar-refractivity contribution in [2.24, 2.45) is 0 Å². The standard InChI is InChI=1S/C6H12O3/c1-5(8)6(9)3-2-4-7/h2-3,5-9H,4H2,1H3/b3-2+. The van der Waals surface area contributed by atoms with Crippen molar-refractivity contribution in [3.63, 3.8) is 0 Å². The minimum Gasteiger partial charge on any atom is -0.392 e. The molecule has 0 rings (SSSR count). The average molecular weight is 132 g/mol. The molecule has 0 aromatic rings. The van der Waals surface area contributed by atoms with Gasteiger partial charge in [-0.3, -0.25) is 0 Å². The maximum absolute atomic E-state index is 8.81. The van der Waals surface area contributed by atoms with Crippen LogP contribution in [0, 0.1) is 0 Å². The largest absolute Gasteiger partial charge is 0.392 e. The van der Waals surface area contributed by atoms with Crippen molar-refractivity contribution in [3.05, 3.63) is 12.2 Å². The first-order valence-electron chi connectivity index (χ1n) is 2.82. The quantitative estimate of drug-likeness (QED) is 0.444. The summed E-state index contributed by atoms with van der Waals surface area (Å²) in [6.45, 7) is 1.37. The second-order valence-corrected chi connectivity index (χ2v) is 1.84. The highest BCUT2D eigenvalue weighted by atomic mass is 16.3. The highest BCUT2D eigenvalue weighted by molar-refractivity contribution is 4.90. The molecular formula is C6H12O3. The lowest BCUT2D eigenvalue weighted by molar-refractivity contribution is 0.0615. The third-order valence-corrected chi connectivity index (χ3v) is 0.933. The maximum atomic E-state index is 8.81. The summed E-state index contributed by atoms with van der Waals surface area (Å²) in [5.41, 5.74) is 0. The molecule has 9 heavy (non-hydrogen) atoms. The second-order valence-electron chi connectivity index (χ2n) is 1.84. The number of rotatable bonds is 3. The van der Waals surface area contributed by atoms with Crippen molar-refractivity contribution >= 4 is 0 Å². The van der Waals surface area contributed by atoms with Gasteiger partial charge in [0, 0.05) is 0 Å². The molecule has 0 aromatic heterocycles. The third-order valence-electron chi connectivity index (χ3n) is 0.933. The Balaban J connectivity index is 3.48. The molecule has 0 aliphatic carbocycles. The van der Waals surface area contributed by atoms with Gasteiger partial charge in [0.1, 0.15) is 0 Å². The predicted molar refractivity (Wildman–Crippen MR) is 33.9 cm³/mol. The molecule has 0 aliphatic rings. The summed E-state index contributed by atoms with van der Waals surface area (Å²) in [5, 5.41) is 25.7. The van der Waals surface area contributed by atoms with E-state index in [2.05, 4.69) is 0 Å². The summed E-state index contributed by atoms with van der Waals surface area (Å²) < 4.78 is 0. The van der Waals surface area contributed by atoms with Crippen molar-refractivity contribution in [1.29, 1.82) is 0 Å². The van der Waals surface area contributed by atoms with Gasteiger partial charge >= 0.3 is 0 Å². The Morgan fingerprint density at radius 3 is 2.33 bits per heavy atom. The van der Waals surface area contributed by atoms with Crippen molar-refractivity contribution in [3.8, 4) is 0 Å². The van der Waals surface area contributed by atoms with E-state index in [0.29, 0.717) is 0 Å². The van der Waals surface area contributed by atoms with Gasteiger partial charge < -0.3 is 15.3 Å². The first-order chi connectivity index (χ1) is 4.18. The maximum Gasteiger partial charge on any atom is 0.0977 e. The van der Waals surface area contributed by atoms with E-state index in [0.717, 1.165) is 0 Å². The van der Waals surface area contributed by atoms with Crippen molar-refractivity contribution in [2.45, 2.75) is 19.1 Å². The van der Waals surface area contributed by atoms with Gasteiger partial charge in [0.25, 0.3) is 0 Å². The second kappa shape index (κ2) is 4.49. The Kier molecular flexibility index (Phi) is 4.30. The van der Waals surface area contributed by atoms with E-state index in [1.54, 1.807) is 0 Å². The summed E-state index contributed by atoms with van der Waals surface area (Å²) in [5.74, 6) is 0. The Labute approximate surface area is 54.3 Å². The van der Waals surface area contributed by atoms with Gasteiger partial charge in [-0.05, 0) is 6.92 Å². The number of hydrogen-bond donors (Lipinski definition) is 3. The van der Waals surface area contributed by atoms with Crippen molar-refractivity contribution < 1.29 is 15.3 Å². The van der Waals surface area contributed by atoms with Gasteiger partial charge in [-0.25, -0.2) is 0 Å². The van der Waals surface area contributed by atoms with E-state index in [9.17, 15) is 0 Å². The normalized spacial score (nSPS) is 18.2. The lowest BCUT2D eigenvalue weighted by Crippen LogP contribution is -2.19. The predicted octanol–water partition coefficient (Wildman–Crippen LogP) is -0.723. The first kappa shape index (κ1) is 8.62. The van der Waals surface area contributed by atoms with E-state index in [4.69, 9.17) is 15.3 Å². The van der Waals surface area contributed by atoms with E-state index in [1.165, 1.54) is 19.1 Å². The zero-order valence-electron chi connectivity index (χ0n) is 5.36. The minimum absolute atomic E-state index is 0.107. The van der Waals surface area contributed by atoms with Crippen LogP contribution < -0.4 is 0 Å². The van der Waals surface area contributed by atoms with Crippen LogP contribution in [0.5, 0.6) is 0 Å². The molecule has 3 N–H and O–H groups in total. The fourth-order valence-electron chi connectivity index (χ4n) is 0.361. The van der Waals surface area contributed by atoms with E-state index < -0.39 is 12.2 Å². The zero-order valence-corrected chi connectivity index (χ0v) is 5.36. The molecule has 0 saturated heterocycles. The molecule has 0 heterocycles. The molecule has 3 heteroatoms. The molecule has 54 valence electrons. The fourth-order valence-corrected chi connectivity index (χ4v) is 0.361. The Morgan fingerprint density at radius 2 is 2.00 bits per heavy atom. The summed E-state index contributed by atoms with van der Waals surface area (Å²) in [6, 6.07) is 0. The van der Waals surface area contributed by atoms with Crippen LogP contribution in [0.2, 0.25) is 0 Å². The van der Waals surface area contributed by atoms with Crippen molar-refractivity contribution in [2.75, 3.05) is 6.61 Å². The molecule has 3 nitrogen and oxygen atoms in total. The Hall–Kier alpha value is -0.380. The molecule has 0 bridgehead atoms. The molecular weight excluding hydrogens is 120 g/mol. The SMILES string of the molecule is CC(O)C(O)/C=C/CO. The molecule has 0 saturated carbocycles. The molecule has 0 amide bonds. The van der Waals surface area contributed by atoms with Gasteiger partial charge in [0.15, 0.2) is 0 Å². The highest BCUT2D eigenvalue weighted by Crippen LogP contribution is 1.92. The summed E-state index contributed by atoms with van der Waals surface area (Å²) in [4.78, 5) is 0. The van der Waals surface area contributed by atoms with Gasteiger partial charge in [-0.2, -0.15) is 0 Å². The van der Waals surface area contributed by atoms with Crippen LogP contribution in [0.25, 0.3) is 0 Å². The van der Waals surface area contributed by atoms with Crippen LogP contribution in [-0.2, 0) is 0 Å². The number of aliphatic hydroxyl groups is 3. The lowest BCUT2D eigenvalue weighted by Gasteiger charge is -2.06. The molecule has 0 aliphatic heterocycles. The number of hydrogen-bond acceptors (Lipinski definition) is 3. The molecule has 2 atom stereocenters. The summed E-state index contributed by atoms with van der Waals surface area (Å²) >= 11 is 0. The molecule has 0 aromatic carbocycles. The van der Waals surface area contributed by atoms with Crippen LogP contribution in [-0.4, -0.2) is 34.1 Å². The zero-order chi connectivity index (χ0) is 7.28. The van der Waals surface area contributed by atoms with Gasteiger partial charge in [-0.15, -0.1) is 0 Å². The van der Waals surface area contributed by atoms with Crippen LogP contribution in [0.3, 0.4) is 0 Å². The monoisotopic (exact) mass is 132 g/mol. The van der Waals surface area contributed by atoms with Crippen LogP contribution in [0.15, 0.2) is 12.2 Å². The molecule has 0 spiro atoms. The van der Waals surface area contributed by atoms with Crippen LogP contribution in [0.1, 0.15) is 6.92 Å². The Morgan fingerprint density at radius 1 is 1.44 bits per heavy atom. The van der Waals surface area contributed by atoms with Crippen molar-refractivity contribution in [1.82, 2.24) is 0 Å². The van der Waals surface area contributed by atoms with Gasteiger partial charge in [-0.1, -0.05) is 12.2 Å². The van der Waals surface area contributed by atoms with Crippen LogP contribution >= 0.6 is 0 Å². The topological polar surface area (TPSA) is 60.7 Å². The van der Waals surface area contributed by atoms with Gasteiger partial charge in [0.05, 0.1) is 18.8 Å². The average Bonchev–Trinajstić information content (AvgIpc) is 1.82. The number of aliphatic hydroxyl groups excluding tert-OH is 3. The van der Waals surface area contributed by atoms with E-state index >= 15 is 0 Å². The molecule has 0 radical (unpaired) electrons. The summed E-state index contributed by atoms with van der Waals surface area (Å²) in [7, 11) is 0. The van der Waals surface area contributed by atoms with Gasteiger partial charge in [0.2, 0.25) is 0 Å². The third kappa shape index (κ3) is 4.14. The summed E-state index contributed by atoms with van der Waals surface area (Å²) in [6.07, 6.45) is 1.10. The molecule has 2 unspecified atom stereocenters. The van der Waals surface area contributed by atoms with E-state index in [1.807, 2.05) is 0 Å². The fraction of sp³-hybridized carbons (Fsp3) is 0.667.